The Bertz CT molecular complexity index is 822. The molecule has 4 aliphatic rings. The van der Waals surface area contributed by atoms with Crippen LogP contribution in [0.1, 0.15) is 36.2 Å². The maximum Gasteiger partial charge on any atom is 0.410 e. The number of aryl methyl sites for hydroxylation is 1. The minimum atomic E-state index is -0.593. The molecule has 8 nitrogen and oxygen atoms in total. The molecule has 1 aromatic heterocycles. The van der Waals surface area contributed by atoms with Gasteiger partial charge in [0.15, 0.2) is 0 Å². The Hall–Kier alpha value is -2.51. The second kappa shape index (κ2) is 6.25. The Morgan fingerprint density at radius 3 is 2.50 bits per heavy atom. The third-order valence-corrected chi connectivity index (χ3v) is 6.81. The van der Waals surface area contributed by atoms with Gasteiger partial charge in [-0.2, -0.15) is 0 Å². The first-order chi connectivity index (χ1) is 13.5. The second-order valence-corrected chi connectivity index (χ2v) is 8.50. The lowest BCUT2D eigenvalue weighted by atomic mass is 9.83. The number of hydrogen-bond acceptors (Lipinski definition) is 4. The van der Waals surface area contributed by atoms with E-state index in [2.05, 4.69) is 0 Å². The summed E-state index contributed by atoms with van der Waals surface area (Å²) in [5.41, 5.74) is 0.0579. The van der Waals surface area contributed by atoms with Gasteiger partial charge in [-0.15, -0.1) is 0 Å². The van der Waals surface area contributed by atoms with Crippen LogP contribution in [-0.2, 0) is 16.6 Å². The molecule has 0 radical (unpaired) electrons. The minimum absolute atomic E-state index is 0.0111. The van der Waals surface area contributed by atoms with Crippen LogP contribution in [0.5, 0.6) is 0 Å². The van der Waals surface area contributed by atoms with Crippen molar-refractivity contribution in [2.75, 3.05) is 32.7 Å². The first-order valence-corrected chi connectivity index (χ1v) is 10.2. The van der Waals surface area contributed by atoms with Gasteiger partial charge in [-0.3, -0.25) is 14.5 Å². The lowest BCUT2D eigenvalue weighted by molar-refractivity contribution is -0.136. The molecule has 0 aromatic carbocycles. The van der Waals surface area contributed by atoms with E-state index in [0.717, 1.165) is 12.8 Å². The van der Waals surface area contributed by atoms with Gasteiger partial charge in [0, 0.05) is 64.7 Å². The van der Waals surface area contributed by atoms with E-state index in [0.29, 0.717) is 51.3 Å². The molecule has 0 N–H and O–H groups in total. The van der Waals surface area contributed by atoms with Gasteiger partial charge in [0.1, 0.15) is 11.3 Å². The summed E-state index contributed by atoms with van der Waals surface area (Å²) in [4.78, 5) is 43.4. The summed E-state index contributed by atoms with van der Waals surface area (Å²) in [6, 6.07) is 3.54. The Kier molecular flexibility index (Phi) is 3.93. The molecule has 150 valence electrons. The number of rotatable bonds is 2. The number of carbonyl (C=O) groups is 3. The number of amides is 3. The van der Waals surface area contributed by atoms with Crippen LogP contribution in [-0.4, -0.2) is 81.5 Å². The van der Waals surface area contributed by atoms with E-state index in [-0.39, 0.29) is 29.9 Å². The number of piperidine rings is 1. The molecule has 3 saturated heterocycles. The normalized spacial score (nSPS) is 26.4. The predicted octanol–water partition coefficient (Wildman–Crippen LogP) is 1.07. The molecule has 28 heavy (non-hydrogen) atoms. The minimum Gasteiger partial charge on any atom is -0.440 e. The molecule has 8 heteroatoms. The highest BCUT2D eigenvalue weighted by Crippen LogP contribution is 2.41. The zero-order valence-electron chi connectivity index (χ0n) is 16.2. The number of hydrogen-bond donors (Lipinski definition) is 0. The average Bonchev–Trinajstić information content (AvgIpc) is 3.42. The molecule has 5 rings (SSSR count). The number of likely N-dealkylation sites (tertiary alicyclic amines) is 1. The van der Waals surface area contributed by atoms with Crippen LogP contribution in [0.3, 0.4) is 0 Å². The molecular formula is C20H26N4O4. The van der Waals surface area contributed by atoms with Crippen LogP contribution in [0.2, 0.25) is 0 Å². The van der Waals surface area contributed by atoms with Gasteiger partial charge >= 0.3 is 6.09 Å². The number of fused-ring (bicyclic) bond motifs is 2. The summed E-state index contributed by atoms with van der Waals surface area (Å²) < 4.78 is 7.71. The molecule has 4 heterocycles. The molecule has 1 saturated carbocycles. The van der Waals surface area contributed by atoms with E-state index in [4.69, 9.17) is 4.74 Å². The van der Waals surface area contributed by atoms with E-state index >= 15 is 0 Å². The van der Waals surface area contributed by atoms with Crippen LogP contribution in [0.4, 0.5) is 4.79 Å². The SMILES string of the molecule is Cn1cccc1C(=O)N1CCN2C(=O)OC3(CCN(C(=O)C4CC4)CC3)C2C1. The van der Waals surface area contributed by atoms with E-state index in [1.807, 2.05) is 39.7 Å². The molecule has 1 aromatic rings. The predicted molar refractivity (Wildman–Crippen MR) is 99.6 cm³/mol. The molecule has 4 fully saturated rings. The fourth-order valence-corrected chi connectivity index (χ4v) is 4.91. The van der Waals surface area contributed by atoms with E-state index < -0.39 is 5.60 Å². The zero-order valence-corrected chi connectivity index (χ0v) is 16.2. The van der Waals surface area contributed by atoms with Gasteiger partial charge in [-0.1, -0.05) is 0 Å². The van der Waals surface area contributed by atoms with Gasteiger partial charge in [-0.25, -0.2) is 4.79 Å². The van der Waals surface area contributed by atoms with E-state index in [1.54, 1.807) is 4.90 Å². The highest BCUT2D eigenvalue weighted by molar-refractivity contribution is 5.93. The molecule has 3 amide bonds. The van der Waals surface area contributed by atoms with Gasteiger partial charge in [0.2, 0.25) is 5.91 Å². The van der Waals surface area contributed by atoms with Gasteiger partial charge in [0.05, 0.1) is 6.04 Å². The molecule has 1 spiro atoms. The van der Waals surface area contributed by atoms with Gasteiger partial charge < -0.3 is 19.1 Å². The lowest BCUT2D eigenvalue weighted by Gasteiger charge is -2.45. The molecule has 3 aliphatic heterocycles. The molecule has 1 unspecified atom stereocenters. The Balaban J connectivity index is 1.32. The van der Waals surface area contributed by atoms with E-state index in [1.165, 1.54) is 0 Å². The number of nitrogens with zero attached hydrogens (tertiary/aromatic N) is 4. The zero-order chi connectivity index (χ0) is 19.5. The van der Waals surface area contributed by atoms with E-state index in [9.17, 15) is 14.4 Å². The Morgan fingerprint density at radius 1 is 1.11 bits per heavy atom. The monoisotopic (exact) mass is 386 g/mol. The molecular weight excluding hydrogens is 360 g/mol. The standard InChI is InChI=1S/C20H26N4O4/c1-21-8-2-3-15(21)18(26)23-11-12-24-16(13-23)20(28-19(24)27)6-9-22(10-7-20)17(25)14-4-5-14/h2-3,8,14,16H,4-7,9-13H2,1H3. The quantitative estimate of drug-likeness (QED) is 0.762. The summed E-state index contributed by atoms with van der Waals surface area (Å²) >= 11 is 0. The third-order valence-electron chi connectivity index (χ3n) is 6.81. The highest BCUT2D eigenvalue weighted by atomic mass is 16.6. The largest absolute Gasteiger partial charge is 0.440 e. The van der Waals surface area contributed by atoms with Gasteiger partial charge in [-0.05, 0) is 25.0 Å². The molecule has 0 bridgehead atoms. The second-order valence-electron chi connectivity index (χ2n) is 8.50. The van der Waals surface area contributed by atoms with Crippen LogP contribution in [0.25, 0.3) is 0 Å². The fraction of sp³-hybridized carbons (Fsp3) is 0.650. The maximum absolute atomic E-state index is 13.0. The Morgan fingerprint density at radius 2 is 1.86 bits per heavy atom. The molecule has 1 atom stereocenters. The number of aromatic nitrogens is 1. The summed E-state index contributed by atoms with van der Waals surface area (Å²) in [6.45, 7) is 2.73. The highest BCUT2D eigenvalue weighted by Gasteiger charge is 2.57. The number of carbonyl (C=O) groups excluding carboxylic acids is 3. The van der Waals surface area contributed by atoms with Crippen molar-refractivity contribution in [3.63, 3.8) is 0 Å². The van der Waals surface area contributed by atoms with Crippen molar-refractivity contribution in [3.8, 4) is 0 Å². The average molecular weight is 386 g/mol. The van der Waals surface area contributed by atoms with Gasteiger partial charge in [0.25, 0.3) is 5.91 Å². The third kappa shape index (κ3) is 2.69. The van der Waals surface area contributed by atoms with Crippen LogP contribution in [0, 0.1) is 5.92 Å². The lowest BCUT2D eigenvalue weighted by Crippen LogP contribution is -2.61. The van der Waals surface area contributed by atoms with Crippen LogP contribution >= 0.6 is 0 Å². The van der Waals surface area contributed by atoms with Crippen molar-refractivity contribution in [2.45, 2.75) is 37.3 Å². The molecule has 1 aliphatic carbocycles. The number of ether oxygens (including phenoxy) is 1. The summed E-state index contributed by atoms with van der Waals surface area (Å²) in [6.07, 6.45) is 4.87. The van der Waals surface area contributed by atoms with Crippen molar-refractivity contribution in [2.24, 2.45) is 13.0 Å². The topological polar surface area (TPSA) is 75.1 Å². The summed E-state index contributed by atoms with van der Waals surface area (Å²) in [7, 11) is 1.86. The van der Waals surface area contributed by atoms with Crippen molar-refractivity contribution in [3.05, 3.63) is 24.0 Å². The first kappa shape index (κ1) is 17.6. The van der Waals surface area contributed by atoms with Crippen molar-refractivity contribution < 1.29 is 19.1 Å². The number of piperazine rings is 1. The van der Waals surface area contributed by atoms with Crippen molar-refractivity contribution >= 4 is 17.9 Å². The fourth-order valence-electron chi connectivity index (χ4n) is 4.91. The van der Waals surface area contributed by atoms with Crippen LogP contribution < -0.4 is 0 Å². The van der Waals surface area contributed by atoms with Crippen molar-refractivity contribution in [1.82, 2.24) is 19.3 Å². The smallest absolute Gasteiger partial charge is 0.410 e. The summed E-state index contributed by atoms with van der Waals surface area (Å²) in [5, 5.41) is 0. The Labute approximate surface area is 164 Å². The summed E-state index contributed by atoms with van der Waals surface area (Å²) in [5.74, 6) is 0.452. The van der Waals surface area contributed by atoms with Crippen molar-refractivity contribution in [1.29, 1.82) is 0 Å². The van der Waals surface area contributed by atoms with Crippen LogP contribution in [0.15, 0.2) is 18.3 Å². The maximum atomic E-state index is 13.0. The first-order valence-electron chi connectivity index (χ1n) is 10.2.